The Morgan fingerprint density at radius 1 is 0.971 bits per heavy atom. The first-order chi connectivity index (χ1) is 16.9. The van der Waals surface area contributed by atoms with E-state index in [1.54, 1.807) is 19.1 Å². The fourth-order valence-electron chi connectivity index (χ4n) is 3.83. The van der Waals surface area contributed by atoms with Crippen LogP contribution in [0.5, 0.6) is 0 Å². The lowest BCUT2D eigenvalue weighted by molar-refractivity contribution is -0.148. The maximum absolute atomic E-state index is 12.7. The minimum absolute atomic E-state index is 0.0418. The van der Waals surface area contributed by atoms with Gasteiger partial charge in [-0.15, -0.1) is 0 Å². The second kappa shape index (κ2) is 10.9. The highest BCUT2D eigenvalue weighted by Gasteiger charge is 2.19. The zero-order valence-electron chi connectivity index (χ0n) is 20.1. The topological polar surface area (TPSA) is 93.5 Å². The van der Waals surface area contributed by atoms with E-state index in [0.717, 1.165) is 28.6 Å². The van der Waals surface area contributed by atoms with Crippen LogP contribution in [-0.2, 0) is 9.63 Å². The van der Waals surface area contributed by atoms with Gasteiger partial charge in [0.25, 0.3) is 5.91 Å². The van der Waals surface area contributed by atoms with E-state index in [1.165, 1.54) is 0 Å². The van der Waals surface area contributed by atoms with Crippen molar-refractivity contribution in [2.45, 2.75) is 39.7 Å². The molecule has 0 bridgehead atoms. The molecule has 0 saturated heterocycles. The van der Waals surface area contributed by atoms with Gasteiger partial charge in [0.2, 0.25) is 5.89 Å². The van der Waals surface area contributed by atoms with Crippen LogP contribution in [0.15, 0.2) is 77.2 Å². The summed E-state index contributed by atoms with van der Waals surface area (Å²) in [5.74, 6) is 0.00971. The molecule has 0 aliphatic heterocycles. The van der Waals surface area contributed by atoms with Crippen LogP contribution < -0.4 is 10.8 Å². The SMILES string of the molecule is CCC(=O)ONC(=O)c1ccccc1N[C@H](CC(C)C)c1ccc(-c2nc3ccccc3o2)cc1. The van der Waals surface area contributed by atoms with Crippen molar-refractivity contribution in [3.63, 3.8) is 0 Å². The van der Waals surface area contributed by atoms with Gasteiger partial charge in [-0.3, -0.25) is 4.79 Å². The van der Waals surface area contributed by atoms with E-state index in [4.69, 9.17) is 9.25 Å². The number of hydroxylamine groups is 1. The van der Waals surface area contributed by atoms with Crippen LogP contribution in [0.2, 0.25) is 0 Å². The smallest absolute Gasteiger partial charge is 0.331 e. The number of oxazole rings is 1. The highest BCUT2D eigenvalue weighted by Crippen LogP contribution is 2.30. The van der Waals surface area contributed by atoms with Gasteiger partial charge >= 0.3 is 5.97 Å². The van der Waals surface area contributed by atoms with Crippen molar-refractivity contribution in [1.82, 2.24) is 10.5 Å². The highest BCUT2D eigenvalue weighted by molar-refractivity contribution is 5.99. The summed E-state index contributed by atoms with van der Waals surface area (Å²) in [4.78, 5) is 33.5. The lowest BCUT2D eigenvalue weighted by Crippen LogP contribution is -2.27. The summed E-state index contributed by atoms with van der Waals surface area (Å²) in [7, 11) is 0. The molecule has 0 aliphatic carbocycles. The van der Waals surface area contributed by atoms with Crippen LogP contribution in [0.4, 0.5) is 5.69 Å². The molecule has 7 nitrogen and oxygen atoms in total. The molecule has 1 heterocycles. The zero-order valence-corrected chi connectivity index (χ0v) is 20.1. The number of rotatable bonds is 8. The van der Waals surface area contributed by atoms with E-state index in [1.807, 2.05) is 48.5 Å². The van der Waals surface area contributed by atoms with Crippen LogP contribution >= 0.6 is 0 Å². The first-order valence-corrected chi connectivity index (χ1v) is 11.8. The lowest BCUT2D eigenvalue weighted by atomic mass is 9.95. The predicted octanol–water partition coefficient (Wildman–Crippen LogP) is 6.29. The number of benzene rings is 3. The van der Waals surface area contributed by atoms with Crippen molar-refractivity contribution in [3.8, 4) is 11.5 Å². The summed E-state index contributed by atoms with van der Waals surface area (Å²) < 4.78 is 5.90. The molecule has 0 fully saturated rings. The Morgan fingerprint density at radius 2 is 1.69 bits per heavy atom. The van der Waals surface area contributed by atoms with Gasteiger partial charge in [-0.1, -0.05) is 57.2 Å². The molecule has 0 unspecified atom stereocenters. The van der Waals surface area contributed by atoms with Gasteiger partial charge in [0, 0.05) is 17.7 Å². The quantitative estimate of drug-likeness (QED) is 0.293. The van der Waals surface area contributed by atoms with Crippen LogP contribution in [0, 0.1) is 5.92 Å². The average molecular weight is 472 g/mol. The van der Waals surface area contributed by atoms with E-state index < -0.39 is 11.9 Å². The van der Waals surface area contributed by atoms with Gasteiger partial charge in [0.15, 0.2) is 5.58 Å². The number of fused-ring (bicyclic) bond motifs is 1. The molecule has 2 N–H and O–H groups in total. The summed E-state index contributed by atoms with van der Waals surface area (Å²) in [6.45, 7) is 5.98. The molecule has 1 amide bonds. The second-order valence-corrected chi connectivity index (χ2v) is 8.74. The number of carbonyl (C=O) groups is 2. The maximum Gasteiger partial charge on any atom is 0.331 e. The van der Waals surface area contributed by atoms with Crippen molar-refractivity contribution in [2.24, 2.45) is 5.92 Å². The molecule has 35 heavy (non-hydrogen) atoms. The number of nitrogens with one attached hydrogen (secondary N) is 2. The number of nitrogens with zero attached hydrogens (tertiary/aromatic N) is 1. The fourth-order valence-corrected chi connectivity index (χ4v) is 3.83. The molecule has 3 aromatic carbocycles. The second-order valence-electron chi connectivity index (χ2n) is 8.74. The third-order valence-corrected chi connectivity index (χ3v) is 5.61. The molecule has 0 saturated carbocycles. The number of anilines is 1. The number of aromatic nitrogens is 1. The van der Waals surface area contributed by atoms with E-state index in [0.29, 0.717) is 23.1 Å². The van der Waals surface area contributed by atoms with Crippen molar-refractivity contribution in [1.29, 1.82) is 0 Å². The number of para-hydroxylation sites is 3. The third-order valence-electron chi connectivity index (χ3n) is 5.61. The largest absolute Gasteiger partial charge is 0.436 e. The normalized spacial score (nSPS) is 11.9. The first kappa shape index (κ1) is 24.0. The zero-order chi connectivity index (χ0) is 24.8. The number of carbonyl (C=O) groups excluding carboxylic acids is 2. The molecule has 180 valence electrons. The van der Waals surface area contributed by atoms with E-state index in [-0.39, 0.29) is 12.5 Å². The Labute approximate surface area is 204 Å². The summed E-state index contributed by atoms with van der Waals surface area (Å²) in [5, 5.41) is 3.52. The third kappa shape index (κ3) is 5.87. The summed E-state index contributed by atoms with van der Waals surface area (Å²) in [5.41, 5.74) is 6.84. The number of hydrogen-bond acceptors (Lipinski definition) is 6. The molecule has 7 heteroatoms. The van der Waals surface area contributed by atoms with E-state index >= 15 is 0 Å². The summed E-state index contributed by atoms with van der Waals surface area (Å²) in [6, 6.07) is 22.9. The van der Waals surface area contributed by atoms with Gasteiger partial charge in [-0.2, -0.15) is 5.48 Å². The van der Waals surface area contributed by atoms with Crippen LogP contribution in [0.3, 0.4) is 0 Å². The van der Waals surface area contributed by atoms with Crippen LogP contribution in [0.25, 0.3) is 22.6 Å². The monoisotopic (exact) mass is 471 g/mol. The molecule has 0 spiro atoms. The molecule has 0 aliphatic rings. The lowest BCUT2D eigenvalue weighted by Gasteiger charge is -2.24. The van der Waals surface area contributed by atoms with Gasteiger partial charge in [-0.05, 0) is 54.3 Å². The minimum Gasteiger partial charge on any atom is -0.436 e. The number of amides is 1. The van der Waals surface area contributed by atoms with E-state index in [2.05, 4.69) is 41.8 Å². The van der Waals surface area contributed by atoms with Crippen LogP contribution in [0.1, 0.15) is 55.6 Å². The Hall–Kier alpha value is -4.13. The Balaban J connectivity index is 1.56. The summed E-state index contributed by atoms with van der Waals surface area (Å²) in [6.07, 6.45) is 1.03. The number of hydrogen-bond donors (Lipinski definition) is 2. The Kier molecular flexibility index (Phi) is 7.45. The van der Waals surface area contributed by atoms with E-state index in [9.17, 15) is 9.59 Å². The molecule has 4 rings (SSSR count). The van der Waals surface area contributed by atoms with Gasteiger partial charge in [-0.25, -0.2) is 9.78 Å². The minimum atomic E-state index is -0.500. The molecular weight excluding hydrogens is 442 g/mol. The van der Waals surface area contributed by atoms with Crippen molar-refractivity contribution in [2.75, 3.05) is 5.32 Å². The first-order valence-electron chi connectivity index (χ1n) is 11.8. The van der Waals surface area contributed by atoms with Crippen LogP contribution in [-0.4, -0.2) is 16.9 Å². The van der Waals surface area contributed by atoms with Crippen molar-refractivity contribution in [3.05, 3.63) is 83.9 Å². The highest BCUT2D eigenvalue weighted by atomic mass is 16.7. The molecule has 1 atom stereocenters. The van der Waals surface area contributed by atoms with Gasteiger partial charge in [0.05, 0.1) is 11.6 Å². The fraction of sp³-hybridized carbons (Fsp3) is 0.250. The molecule has 4 aromatic rings. The van der Waals surface area contributed by atoms with Crippen molar-refractivity contribution >= 4 is 28.7 Å². The average Bonchev–Trinajstić information content (AvgIpc) is 3.31. The maximum atomic E-state index is 12.7. The van der Waals surface area contributed by atoms with Crippen molar-refractivity contribution < 1.29 is 18.8 Å². The molecule has 0 radical (unpaired) electrons. The molecular formula is C28H29N3O4. The Bertz CT molecular complexity index is 1280. The van der Waals surface area contributed by atoms with Gasteiger partial charge in [0.1, 0.15) is 5.52 Å². The van der Waals surface area contributed by atoms with Gasteiger partial charge < -0.3 is 14.6 Å². The Morgan fingerprint density at radius 3 is 2.40 bits per heavy atom. The summed E-state index contributed by atoms with van der Waals surface area (Å²) >= 11 is 0. The predicted molar refractivity (Wildman–Crippen MR) is 136 cm³/mol. The molecule has 1 aromatic heterocycles. The standard InChI is InChI=1S/C28H29N3O4/c1-4-26(32)35-31-27(33)21-9-5-6-10-22(21)29-24(17-18(2)3)19-13-15-20(16-14-19)28-30-23-11-7-8-12-25(23)34-28/h5-16,18,24,29H,4,17H2,1-3H3,(H,31,33)/t24-/m1/s1.